The summed E-state index contributed by atoms with van der Waals surface area (Å²) in [5, 5.41) is 2.94. The fraction of sp³-hybridized carbons (Fsp3) is 0.611. The van der Waals surface area contributed by atoms with Crippen molar-refractivity contribution in [1.82, 2.24) is 20.1 Å². The smallest absolute Gasteiger partial charge is 0.409 e. The molecule has 8 heteroatoms. The molecule has 1 aromatic heterocycles. The van der Waals surface area contributed by atoms with E-state index in [1.165, 1.54) is 0 Å². The molecule has 1 aliphatic heterocycles. The SMILES string of the molecule is CCOC(=O)N1CCN(c2cc(C(=O)NCCCN(C)C)ccn2)CC1. The van der Waals surface area contributed by atoms with E-state index in [1.54, 1.807) is 30.2 Å². The number of carbonyl (C=O) groups excluding carboxylic acids is 2. The lowest BCUT2D eigenvalue weighted by molar-refractivity contribution is 0.0952. The van der Waals surface area contributed by atoms with Crippen molar-refractivity contribution in [3.8, 4) is 0 Å². The number of amides is 2. The van der Waals surface area contributed by atoms with Crippen LogP contribution < -0.4 is 10.2 Å². The molecule has 0 bridgehead atoms. The van der Waals surface area contributed by atoms with Crippen molar-refractivity contribution in [2.75, 3.05) is 64.9 Å². The van der Waals surface area contributed by atoms with Crippen LogP contribution in [-0.4, -0.2) is 86.8 Å². The van der Waals surface area contributed by atoms with E-state index in [-0.39, 0.29) is 12.0 Å². The van der Waals surface area contributed by atoms with Gasteiger partial charge in [-0.15, -0.1) is 0 Å². The summed E-state index contributed by atoms with van der Waals surface area (Å²) in [5.74, 6) is 0.673. The average Bonchev–Trinajstić information content (AvgIpc) is 2.65. The Kier molecular flexibility index (Phi) is 7.65. The molecule has 26 heavy (non-hydrogen) atoms. The number of ether oxygens (including phenoxy) is 1. The molecule has 0 atom stereocenters. The van der Waals surface area contributed by atoms with Gasteiger partial charge < -0.3 is 24.8 Å². The van der Waals surface area contributed by atoms with Gasteiger partial charge in [-0.05, 0) is 46.1 Å². The van der Waals surface area contributed by atoms with E-state index in [2.05, 4.69) is 20.1 Å². The zero-order valence-corrected chi connectivity index (χ0v) is 15.9. The Balaban J connectivity index is 1.87. The molecular formula is C18H29N5O3. The van der Waals surface area contributed by atoms with Gasteiger partial charge in [-0.3, -0.25) is 4.79 Å². The number of aromatic nitrogens is 1. The van der Waals surface area contributed by atoms with Crippen molar-refractivity contribution in [2.45, 2.75) is 13.3 Å². The van der Waals surface area contributed by atoms with Gasteiger partial charge in [-0.25, -0.2) is 9.78 Å². The monoisotopic (exact) mass is 363 g/mol. The zero-order valence-electron chi connectivity index (χ0n) is 15.9. The summed E-state index contributed by atoms with van der Waals surface area (Å²) in [6.45, 7) is 6.27. The molecule has 0 unspecified atom stereocenters. The first-order valence-electron chi connectivity index (χ1n) is 9.07. The van der Waals surface area contributed by atoms with Gasteiger partial charge in [0.25, 0.3) is 5.91 Å². The van der Waals surface area contributed by atoms with E-state index in [1.807, 2.05) is 14.1 Å². The minimum Gasteiger partial charge on any atom is -0.450 e. The van der Waals surface area contributed by atoms with Crippen molar-refractivity contribution < 1.29 is 14.3 Å². The topological polar surface area (TPSA) is 78.0 Å². The van der Waals surface area contributed by atoms with E-state index >= 15 is 0 Å². The number of piperazine rings is 1. The number of hydrogen-bond donors (Lipinski definition) is 1. The molecule has 0 saturated carbocycles. The van der Waals surface area contributed by atoms with Crippen LogP contribution in [0.5, 0.6) is 0 Å². The number of nitrogens with one attached hydrogen (secondary N) is 1. The number of nitrogens with zero attached hydrogens (tertiary/aromatic N) is 4. The summed E-state index contributed by atoms with van der Waals surface area (Å²) in [4.78, 5) is 34.3. The molecule has 2 amide bonds. The van der Waals surface area contributed by atoms with Gasteiger partial charge in [0.15, 0.2) is 0 Å². The predicted molar refractivity (Wildman–Crippen MR) is 101 cm³/mol. The minimum absolute atomic E-state index is 0.0856. The normalized spacial score (nSPS) is 14.5. The summed E-state index contributed by atoms with van der Waals surface area (Å²) in [7, 11) is 4.03. The molecule has 1 fully saturated rings. The fourth-order valence-electron chi connectivity index (χ4n) is 2.76. The number of pyridine rings is 1. The predicted octanol–water partition coefficient (Wildman–Crippen LogP) is 1.04. The third-order valence-electron chi connectivity index (χ3n) is 4.21. The van der Waals surface area contributed by atoms with E-state index in [9.17, 15) is 9.59 Å². The first-order chi connectivity index (χ1) is 12.5. The van der Waals surface area contributed by atoms with Gasteiger partial charge in [0, 0.05) is 44.5 Å². The Labute approximate surface area is 155 Å². The molecule has 2 heterocycles. The average molecular weight is 363 g/mol. The highest BCUT2D eigenvalue weighted by Gasteiger charge is 2.23. The van der Waals surface area contributed by atoms with Gasteiger partial charge in [0.2, 0.25) is 0 Å². The van der Waals surface area contributed by atoms with E-state index in [0.717, 1.165) is 18.8 Å². The van der Waals surface area contributed by atoms with Crippen LogP contribution in [0.3, 0.4) is 0 Å². The van der Waals surface area contributed by atoms with Crippen LogP contribution in [0.2, 0.25) is 0 Å². The number of hydrogen-bond acceptors (Lipinski definition) is 6. The maximum Gasteiger partial charge on any atom is 0.409 e. The lowest BCUT2D eigenvalue weighted by Crippen LogP contribution is -2.49. The number of rotatable bonds is 7. The van der Waals surface area contributed by atoms with Crippen LogP contribution in [0, 0.1) is 0 Å². The second-order valence-electron chi connectivity index (χ2n) is 6.49. The van der Waals surface area contributed by atoms with E-state index < -0.39 is 0 Å². The van der Waals surface area contributed by atoms with Crippen molar-refractivity contribution in [1.29, 1.82) is 0 Å². The highest BCUT2D eigenvalue weighted by molar-refractivity contribution is 5.94. The van der Waals surface area contributed by atoms with Crippen LogP contribution >= 0.6 is 0 Å². The third kappa shape index (κ3) is 5.87. The number of anilines is 1. The van der Waals surface area contributed by atoms with E-state index in [4.69, 9.17) is 4.74 Å². The largest absolute Gasteiger partial charge is 0.450 e. The second-order valence-corrected chi connectivity index (χ2v) is 6.49. The van der Waals surface area contributed by atoms with Gasteiger partial charge in [-0.2, -0.15) is 0 Å². The second kappa shape index (κ2) is 9.96. The molecule has 0 spiro atoms. The zero-order chi connectivity index (χ0) is 18.9. The Bertz CT molecular complexity index is 600. The molecular weight excluding hydrogens is 334 g/mol. The first kappa shape index (κ1) is 20.0. The quantitative estimate of drug-likeness (QED) is 0.730. The van der Waals surface area contributed by atoms with Crippen molar-refractivity contribution >= 4 is 17.8 Å². The Morgan fingerprint density at radius 2 is 2.00 bits per heavy atom. The molecule has 0 aromatic carbocycles. The molecule has 1 N–H and O–H groups in total. The summed E-state index contributed by atoms with van der Waals surface area (Å²) >= 11 is 0. The molecule has 144 valence electrons. The lowest BCUT2D eigenvalue weighted by Gasteiger charge is -2.34. The van der Waals surface area contributed by atoms with Crippen LogP contribution in [0.15, 0.2) is 18.3 Å². The molecule has 1 aromatic rings. The van der Waals surface area contributed by atoms with Crippen molar-refractivity contribution in [3.05, 3.63) is 23.9 Å². The molecule has 1 saturated heterocycles. The molecule has 2 rings (SSSR count). The van der Waals surface area contributed by atoms with E-state index in [0.29, 0.717) is 44.9 Å². The van der Waals surface area contributed by atoms with Gasteiger partial charge in [-0.1, -0.05) is 0 Å². The molecule has 0 aliphatic carbocycles. The summed E-state index contributed by atoms with van der Waals surface area (Å²) in [6, 6.07) is 3.53. The number of carbonyl (C=O) groups is 2. The van der Waals surface area contributed by atoms with Crippen molar-refractivity contribution in [3.63, 3.8) is 0 Å². The molecule has 1 aliphatic rings. The summed E-state index contributed by atoms with van der Waals surface area (Å²) < 4.78 is 5.03. The Morgan fingerprint density at radius 1 is 1.27 bits per heavy atom. The van der Waals surface area contributed by atoms with Crippen LogP contribution in [-0.2, 0) is 4.74 Å². The van der Waals surface area contributed by atoms with Crippen LogP contribution in [0.1, 0.15) is 23.7 Å². The third-order valence-corrected chi connectivity index (χ3v) is 4.21. The Morgan fingerprint density at radius 3 is 2.65 bits per heavy atom. The van der Waals surface area contributed by atoms with Gasteiger partial charge in [0.05, 0.1) is 6.61 Å². The van der Waals surface area contributed by atoms with Crippen LogP contribution in [0.25, 0.3) is 0 Å². The maximum atomic E-state index is 12.3. The minimum atomic E-state index is -0.272. The van der Waals surface area contributed by atoms with Crippen molar-refractivity contribution in [2.24, 2.45) is 0 Å². The summed E-state index contributed by atoms with van der Waals surface area (Å²) in [5.41, 5.74) is 0.604. The van der Waals surface area contributed by atoms with Gasteiger partial charge >= 0.3 is 6.09 Å². The molecule has 0 radical (unpaired) electrons. The highest BCUT2D eigenvalue weighted by Crippen LogP contribution is 2.15. The van der Waals surface area contributed by atoms with Gasteiger partial charge in [0.1, 0.15) is 5.82 Å². The standard InChI is InChI=1S/C18H29N5O3/c1-4-26-18(25)23-12-10-22(11-13-23)16-14-15(6-8-19-16)17(24)20-7-5-9-21(2)3/h6,8,14H,4-5,7,9-13H2,1-3H3,(H,20,24). The fourth-order valence-corrected chi connectivity index (χ4v) is 2.76. The van der Waals surface area contributed by atoms with Crippen LogP contribution in [0.4, 0.5) is 10.6 Å². The molecule has 8 nitrogen and oxygen atoms in total. The highest BCUT2D eigenvalue weighted by atomic mass is 16.6. The first-order valence-corrected chi connectivity index (χ1v) is 9.07. The maximum absolute atomic E-state index is 12.3. The lowest BCUT2D eigenvalue weighted by atomic mass is 10.2. The Hall–Kier alpha value is -2.35. The summed E-state index contributed by atoms with van der Waals surface area (Å²) in [6.07, 6.45) is 2.29.